The minimum absolute atomic E-state index is 0.167. The van der Waals surface area contributed by atoms with Gasteiger partial charge in [-0.3, -0.25) is 0 Å². The van der Waals surface area contributed by atoms with Gasteiger partial charge >= 0.3 is 0 Å². The molecule has 0 bridgehead atoms. The van der Waals surface area contributed by atoms with Crippen LogP contribution in [0.3, 0.4) is 0 Å². The number of benzene rings is 1. The molecule has 5 heteroatoms. The molecule has 0 heterocycles. The predicted octanol–water partition coefficient (Wildman–Crippen LogP) is 1.39. The Hall–Kier alpha value is -1.51. The van der Waals surface area contributed by atoms with E-state index < -0.39 is 10.0 Å². The Morgan fingerprint density at radius 1 is 1.35 bits per heavy atom. The summed E-state index contributed by atoms with van der Waals surface area (Å²) >= 11 is 0. The zero-order valence-electron chi connectivity index (χ0n) is 9.64. The molecule has 0 aliphatic carbocycles. The molecule has 1 N–H and O–H groups in total. The van der Waals surface area contributed by atoms with Crippen molar-refractivity contribution in [2.75, 3.05) is 13.2 Å². The smallest absolute Gasteiger partial charge is 0.240 e. The summed E-state index contributed by atoms with van der Waals surface area (Å²) in [7, 11) is -3.41. The maximum absolute atomic E-state index is 11.7. The Morgan fingerprint density at radius 2 is 2.00 bits per heavy atom. The van der Waals surface area contributed by atoms with E-state index in [9.17, 15) is 8.42 Å². The molecule has 0 unspecified atom stereocenters. The molecule has 4 nitrogen and oxygen atoms in total. The molecule has 0 saturated heterocycles. The number of hydrogen-bond donors (Lipinski definition) is 1. The van der Waals surface area contributed by atoms with E-state index in [2.05, 4.69) is 10.6 Å². The summed E-state index contributed by atoms with van der Waals surface area (Å²) in [6, 6.07) is 6.14. The zero-order chi connectivity index (χ0) is 12.7. The highest BCUT2D eigenvalue weighted by Crippen LogP contribution is 2.15. The molecule has 92 valence electrons. The molecule has 0 spiro atoms. The second-order valence-electron chi connectivity index (χ2n) is 3.36. The van der Waals surface area contributed by atoms with Gasteiger partial charge in [0, 0.05) is 6.54 Å². The fourth-order valence-corrected chi connectivity index (χ4v) is 2.29. The maximum atomic E-state index is 11.7. The van der Waals surface area contributed by atoms with Gasteiger partial charge in [-0.2, -0.15) is 0 Å². The zero-order valence-corrected chi connectivity index (χ0v) is 10.5. The van der Waals surface area contributed by atoms with E-state index >= 15 is 0 Å². The molecule has 0 atom stereocenters. The van der Waals surface area contributed by atoms with E-state index in [1.165, 1.54) is 12.1 Å². The molecule has 1 aromatic rings. The summed E-state index contributed by atoms with van der Waals surface area (Å²) in [4.78, 5) is 0.221. The molecular weight excluding hydrogens is 238 g/mol. The quantitative estimate of drug-likeness (QED) is 0.779. The van der Waals surface area contributed by atoms with E-state index in [1.54, 1.807) is 12.1 Å². The van der Waals surface area contributed by atoms with Crippen molar-refractivity contribution in [2.24, 2.45) is 0 Å². The third kappa shape index (κ3) is 4.10. The number of rotatable bonds is 6. The molecular formula is C12H15NO3S. The van der Waals surface area contributed by atoms with E-state index in [1.807, 2.05) is 6.92 Å². The van der Waals surface area contributed by atoms with Crippen LogP contribution < -0.4 is 9.46 Å². The van der Waals surface area contributed by atoms with Crippen LogP contribution >= 0.6 is 0 Å². The van der Waals surface area contributed by atoms with Gasteiger partial charge in [0.1, 0.15) is 12.4 Å². The minimum Gasteiger partial charge on any atom is -0.481 e. The predicted molar refractivity (Wildman–Crippen MR) is 66.2 cm³/mol. The molecule has 17 heavy (non-hydrogen) atoms. The van der Waals surface area contributed by atoms with Crippen LogP contribution in [-0.2, 0) is 10.0 Å². The lowest BCUT2D eigenvalue weighted by Crippen LogP contribution is -2.24. The summed E-state index contributed by atoms with van der Waals surface area (Å²) < 4.78 is 31.1. The Labute approximate surface area is 102 Å². The maximum Gasteiger partial charge on any atom is 0.240 e. The standard InChI is InChI=1S/C12H15NO3S/c1-3-9-13-17(14,15)12-7-5-11(6-8-12)16-10-4-2/h2,5-8,13H,3,9-10H2,1H3. The van der Waals surface area contributed by atoms with Crippen molar-refractivity contribution in [2.45, 2.75) is 18.2 Å². The van der Waals surface area contributed by atoms with E-state index in [0.717, 1.165) is 6.42 Å². The summed E-state index contributed by atoms with van der Waals surface area (Å²) in [5.74, 6) is 2.89. The van der Waals surface area contributed by atoms with Crippen molar-refractivity contribution in [1.29, 1.82) is 0 Å². The third-order valence-corrected chi connectivity index (χ3v) is 3.48. The molecule has 0 aliphatic heterocycles. The fraction of sp³-hybridized carbons (Fsp3) is 0.333. The van der Waals surface area contributed by atoms with Gasteiger partial charge < -0.3 is 4.74 Å². The lowest BCUT2D eigenvalue weighted by Gasteiger charge is -2.06. The van der Waals surface area contributed by atoms with Crippen LogP contribution in [0.5, 0.6) is 5.75 Å². The van der Waals surface area contributed by atoms with Crippen molar-refractivity contribution in [3.05, 3.63) is 24.3 Å². The Kier molecular flexibility index (Phi) is 5.01. The second kappa shape index (κ2) is 6.28. The van der Waals surface area contributed by atoms with Gasteiger partial charge in [0.15, 0.2) is 0 Å². The van der Waals surface area contributed by atoms with Crippen LogP contribution in [0.4, 0.5) is 0 Å². The van der Waals surface area contributed by atoms with Gasteiger partial charge in [0.2, 0.25) is 10.0 Å². The fourth-order valence-electron chi connectivity index (χ4n) is 1.16. The highest BCUT2D eigenvalue weighted by atomic mass is 32.2. The van der Waals surface area contributed by atoms with Gasteiger partial charge in [0.05, 0.1) is 4.90 Å². The molecule has 1 rings (SSSR count). The lowest BCUT2D eigenvalue weighted by atomic mass is 10.3. The third-order valence-electron chi connectivity index (χ3n) is 2.00. The topological polar surface area (TPSA) is 55.4 Å². The van der Waals surface area contributed by atoms with Crippen LogP contribution in [0.1, 0.15) is 13.3 Å². The number of nitrogens with one attached hydrogen (secondary N) is 1. The Balaban J connectivity index is 2.77. The number of hydrogen-bond acceptors (Lipinski definition) is 3. The molecule has 0 aliphatic rings. The van der Waals surface area contributed by atoms with E-state index in [4.69, 9.17) is 11.2 Å². The van der Waals surface area contributed by atoms with E-state index in [-0.39, 0.29) is 11.5 Å². The number of ether oxygens (including phenoxy) is 1. The molecule has 1 aromatic carbocycles. The monoisotopic (exact) mass is 253 g/mol. The van der Waals surface area contributed by atoms with Crippen LogP contribution in [0, 0.1) is 12.3 Å². The van der Waals surface area contributed by atoms with Gasteiger partial charge in [0.25, 0.3) is 0 Å². The number of sulfonamides is 1. The molecule has 0 amide bonds. The van der Waals surface area contributed by atoms with Crippen molar-refractivity contribution < 1.29 is 13.2 Å². The minimum atomic E-state index is -3.41. The van der Waals surface area contributed by atoms with Crippen molar-refractivity contribution in [3.8, 4) is 18.1 Å². The molecule has 0 radical (unpaired) electrons. The molecule has 0 aromatic heterocycles. The van der Waals surface area contributed by atoms with Crippen molar-refractivity contribution in [3.63, 3.8) is 0 Å². The second-order valence-corrected chi connectivity index (χ2v) is 5.13. The van der Waals surface area contributed by atoms with Crippen LogP contribution in [-0.4, -0.2) is 21.6 Å². The summed E-state index contributed by atoms with van der Waals surface area (Å²) in [6.45, 7) is 2.50. The average molecular weight is 253 g/mol. The first-order valence-electron chi connectivity index (χ1n) is 5.26. The largest absolute Gasteiger partial charge is 0.481 e. The molecule has 0 saturated carbocycles. The van der Waals surface area contributed by atoms with Gasteiger partial charge in [-0.1, -0.05) is 12.8 Å². The van der Waals surface area contributed by atoms with Gasteiger partial charge in [-0.05, 0) is 30.7 Å². The summed E-state index contributed by atoms with van der Waals surface area (Å²) in [5.41, 5.74) is 0. The SMILES string of the molecule is C#CCOc1ccc(S(=O)(=O)NCCC)cc1. The molecule has 0 fully saturated rings. The Bertz CT molecular complexity index is 485. The van der Waals surface area contributed by atoms with Crippen molar-refractivity contribution in [1.82, 2.24) is 4.72 Å². The Morgan fingerprint density at radius 3 is 2.53 bits per heavy atom. The summed E-state index contributed by atoms with van der Waals surface area (Å²) in [6.07, 6.45) is 5.80. The summed E-state index contributed by atoms with van der Waals surface area (Å²) in [5, 5.41) is 0. The first kappa shape index (κ1) is 13.6. The first-order valence-corrected chi connectivity index (χ1v) is 6.74. The van der Waals surface area contributed by atoms with Crippen LogP contribution in [0.15, 0.2) is 29.2 Å². The van der Waals surface area contributed by atoms with Gasteiger partial charge in [-0.15, -0.1) is 6.42 Å². The van der Waals surface area contributed by atoms with Crippen molar-refractivity contribution >= 4 is 10.0 Å². The number of terminal acetylenes is 1. The lowest BCUT2D eigenvalue weighted by molar-refractivity contribution is 0.370. The van der Waals surface area contributed by atoms with Crippen LogP contribution in [0.25, 0.3) is 0 Å². The van der Waals surface area contributed by atoms with Gasteiger partial charge in [-0.25, -0.2) is 13.1 Å². The highest BCUT2D eigenvalue weighted by molar-refractivity contribution is 7.89. The highest BCUT2D eigenvalue weighted by Gasteiger charge is 2.12. The van der Waals surface area contributed by atoms with Crippen LogP contribution in [0.2, 0.25) is 0 Å². The first-order chi connectivity index (χ1) is 8.10. The average Bonchev–Trinajstić information content (AvgIpc) is 2.34. The normalized spacial score (nSPS) is 10.8. The van der Waals surface area contributed by atoms with E-state index in [0.29, 0.717) is 12.3 Å².